The third-order valence-electron chi connectivity index (χ3n) is 3.70. The maximum Gasteiger partial charge on any atom is 0.207 e. The van der Waals surface area contributed by atoms with Crippen LogP contribution in [0.15, 0.2) is 36.8 Å². The number of carbonyl (C=O) groups excluding carboxylic acids is 1. The standard InChI is InChI=1S/C17H17N3O3/c1-22-16-7-11-3-4-19-13(12(11)8-17(16)23-2)9-15(21)14-10-18-5-6-20-14/h5-10,19H,3-4H2,1-2H3. The predicted octanol–water partition coefficient (Wildman–Crippen LogP) is 1.86. The molecule has 0 amide bonds. The Morgan fingerprint density at radius 3 is 2.70 bits per heavy atom. The maximum atomic E-state index is 12.3. The van der Waals surface area contributed by atoms with Gasteiger partial charge in [0.15, 0.2) is 11.5 Å². The van der Waals surface area contributed by atoms with Crippen LogP contribution >= 0.6 is 0 Å². The molecule has 0 fully saturated rings. The van der Waals surface area contributed by atoms with Gasteiger partial charge in [0.25, 0.3) is 0 Å². The van der Waals surface area contributed by atoms with Crippen LogP contribution in [-0.2, 0) is 6.42 Å². The largest absolute Gasteiger partial charge is 0.493 e. The van der Waals surface area contributed by atoms with Crippen molar-refractivity contribution in [1.82, 2.24) is 15.3 Å². The van der Waals surface area contributed by atoms with Gasteiger partial charge in [0.05, 0.1) is 20.4 Å². The lowest BCUT2D eigenvalue weighted by Gasteiger charge is -2.23. The lowest BCUT2D eigenvalue weighted by Crippen LogP contribution is -2.23. The van der Waals surface area contributed by atoms with Gasteiger partial charge in [0.2, 0.25) is 5.78 Å². The number of allylic oxidation sites excluding steroid dienone is 1. The number of aromatic nitrogens is 2. The molecule has 0 bridgehead atoms. The van der Waals surface area contributed by atoms with Crippen LogP contribution in [0.5, 0.6) is 11.5 Å². The van der Waals surface area contributed by atoms with Gasteiger partial charge in [-0.2, -0.15) is 0 Å². The van der Waals surface area contributed by atoms with Gasteiger partial charge in [-0.15, -0.1) is 0 Å². The molecule has 0 radical (unpaired) electrons. The summed E-state index contributed by atoms with van der Waals surface area (Å²) < 4.78 is 10.7. The summed E-state index contributed by atoms with van der Waals surface area (Å²) in [5.41, 5.74) is 3.11. The van der Waals surface area contributed by atoms with E-state index in [4.69, 9.17) is 9.47 Å². The lowest BCUT2D eigenvalue weighted by molar-refractivity contribution is 0.104. The number of methoxy groups -OCH3 is 2. The molecule has 6 heteroatoms. The van der Waals surface area contributed by atoms with Crippen molar-refractivity contribution >= 4 is 11.5 Å². The molecule has 118 valence electrons. The highest BCUT2D eigenvalue weighted by molar-refractivity contribution is 6.07. The molecule has 0 saturated carbocycles. The zero-order valence-corrected chi connectivity index (χ0v) is 13.0. The minimum atomic E-state index is -0.191. The summed E-state index contributed by atoms with van der Waals surface area (Å²) in [6, 6.07) is 3.84. The highest BCUT2D eigenvalue weighted by Gasteiger charge is 2.19. The van der Waals surface area contributed by atoms with E-state index < -0.39 is 0 Å². The fraction of sp³-hybridized carbons (Fsp3) is 0.235. The minimum absolute atomic E-state index is 0.191. The average molecular weight is 311 g/mol. The van der Waals surface area contributed by atoms with Crippen molar-refractivity contribution in [2.45, 2.75) is 6.42 Å². The summed E-state index contributed by atoms with van der Waals surface area (Å²) in [5, 5.41) is 3.26. The quantitative estimate of drug-likeness (QED) is 0.686. The summed E-state index contributed by atoms with van der Waals surface area (Å²) in [5.74, 6) is 1.13. The first kappa shape index (κ1) is 15.0. The molecule has 23 heavy (non-hydrogen) atoms. The van der Waals surface area contributed by atoms with E-state index in [0.29, 0.717) is 17.2 Å². The zero-order chi connectivity index (χ0) is 16.2. The van der Waals surface area contributed by atoms with Gasteiger partial charge in [-0.25, -0.2) is 4.98 Å². The number of ether oxygens (including phenoxy) is 2. The summed E-state index contributed by atoms with van der Waals surface area (Å²) in [7, 11) is 3.20. The first-order valence-electron chi connectivity index (χ1n) is 7.24. The van der Waals surface area contributed by atoms with E-state index in [2.05, 4.69) is 15.3 Å². The van der Waals surface area contributed by atoms with Gasteiger partial charge in [0, 0.05) is 36.3 Å². The molecule has 0 aliphatic carbocycles. The van der Waals surface area contributed by atoms with Crippen molar-refractivity contribution in [3.05, 3.63) is 53.6 Å². The number of nitrogens with zero attached hydrogens (tertiary/aromatic N) is 2. The van der Waals surface area contributed by atoms with Crippen molar-refractivity contribution in [2.24, 2.45) is 0 Å². The Labute approximate surface area is 134 Å². The maximum absolute atomic E-state index is 12.3. The van der Waals surface area contributed by atoms with Gasteiger partial charge in [0.1, 0.15) is 5.69 Å². The van der Waals surface area contributed by atoms with Crippen molar-refractivity contribution in [2.75, 3.05) is 20.8 Å². The Kier molecular flexibility index (Phi) is 4.23. The Bertz CT molecular complexity index is 757. The Hall–Kier alpha value is -2.89. The molecule has 0 unspecified atom stereocenters. The second-order valence-electron chi connectivity index (χ2n) is 5.05. The van der Waals surface area contributed by atoms with Crippen LogP contribution in [0.2, 0.25) is 0 Å². The normalized spacial score (nSPS) is 14.8. The van der Waals surface area contributed by atoms with Crippen molar-refractivity contribution < 1.29 is 14.3 Å². The average Bonchev–Trinajstić information content (AvgIpc) is 2.61. The second-order valence-corrected chi connectivity index (χ2v) is 5.05. The highest BCUT2D eigenvalue weighted by atomic mass is 16.5. The monoisotopic (exact) mass is 311 g/mol. The van der Waals surface area contributed by atoms with E-state index in [0.717, 1.165) is 29.8 Å². The molecule has 1 aliphatic rings. The fourth-order valence-electron chi connectivity index (χ4n) is 2.57. The molecule has 2 aromatic rings. The van der Waals surface area contributed by atoms with E-state index in [9.17, 15) is 4.79 Å². The third kappa shape index (κ3) is 3.01. The number of benzene rings is 1. The molecule has 0 spiro atoms. The predicted molar refractivity (Wildman–Crippen MR) is 85.6 cm³/mol. The fourth-order valence-corrected chi connectivity index (χ4v) is 2.57. The van der Waals surface area contributed by atoms with Gasteiger partial charge in [-0.05, 0) is 24.1 Å². The van der Waals surface area contributed by atoms with E-state index in [1.54, 1.807) is 20.3 Å². The van der Waals surface area contributed by atoms with Gasteiger partial charge in [-0.3, -0.25) is 9.78 Å². The Morgan fingerprint density at radius 1 is 1.22 bits per heavy atom. The van der Waals surface area contributed by atoms with Crippen LogP contribution in [0.1, 0.15) is 21.6 Å². The van der Waals surface area contributed by atoms with Crippen LogP contribution < -0.4 is 14.8 Å². The number of ketones is 1. The van der Waals surface area contributed by atoms with Gasteiger partial charge >= 0.3 is 0 Å². The van der Waals surface area contributed by atoms with Crippen LogP contribution in [-0.4, -0.2) is 36.5 Å². The van der Waals surface area contributed by atoms with Crippen molar-refractivity contribution in [3.8, 4) is 11.5 Å². The molecular formula is C17H17N3O3. The number of carbonyl (C=O) groups is 1. The first-order chi connectivity index (χ1) is 11.2. The van der Waals surface area contributed by atoms with Crippen LogP contribution in [0, 0.1) is 0 Å². The number of rotatable bonds is 4. The smallest absolute Gasteiger partial charge is 0.207 e. The summed E-state index contributed by atoms with van der Waals surface area (Å²) in [6.45, 7) is 0.752. The summed E-state index contributed by atoms with van der Waals surface area (Å²) in [4.78, 5) is 20.3. The minimum Gasteiger partial charge on any atom is -0.493 e. The van der Waals surface area contributed by atoms with Crippen molar-refractivity contribution in [1.29, 1.82) is 0 Å². The zero-order valence-electron chi connectivity index (χ0n) is 13.0. The highest BCUT2D eigenvalue weighted by Crippen LogP contribution is 2.34. The molecule has 1 aliphatic heterocycles. The molecule has 6 nitrogen and oxygen atoms in total. The number of fused-ring (bicyclic) bond motifs is 1. The summed E-state index contributed by atoms with van der Waals surface area (Å²) in [6.07, 6.45) is 6.90. The lowest BCUT2D eigenvalue weighted by atomic mass is 9.96. The van der Waals surface area contributed by atoms with E-state index in [1.165, 1.54) is 18.6 Å². The topological polar surface area (TPSA) is 73.3 Å². The van der Waals surface area contributed by atoms with Crippen LogP contribution in [0.4, 0.5) is 0 Å². The van der Waals surface area contributed by atoms with Crippen LogP contribution in [0.3, 0.4) is 0 Å². The number of hydrogen-bond acceptors (Lipinski definition) is 6. The van der Waals surface area contributed by atoms with Crippen molar-refractivity contribution in [3.63, 3.8) is 0 Å². The third-order valence-corrected chi connectivity index (χ3v) is 3.70. The molecule has 0 atom stereocenters. The molecular weight excluding hydrogens is 294 g/mol. The Morgan fingerprint density at radius 2 is 2.00 bits per heavy atom. The molecule has 3 rings (SSSR count). The Balaban J connectivity index is 2.01. The van der Waals surface area contributed by atoms with E-state index in [-0.39, 0.29) is 5.78 Å². The molecule has 2 heterocycles. The second kappa shape index (κ2) is 6.48. The molecule has 0 saturated heterocycles. The SMILES string of the molecule is COc1cc2c(cc1OC)C(=CC(=O)c1cnccn1)NCC2. The number of nitrogens with one attached hydrogen (secondary N) is 1. The first-order valence-corrected chi connectivity index (χ1v) is 7.24. The molecule has 1 aromatic heterocycles. The number of hydrogen-bond donors (Lipinski definition) is 1. The molecule has 1 aromatic carbocycles. The van der Waals surface area contributed by atoms with Gasteiger partial charge in [-0.1, -0.05) is 0 Å². The molecule has 1 N–H and O–H groups in total. The van der Waals surface area contributed by atoms with Crippen LogP contribution in [0.25, 0.3) is 5.70 Å². The summed E-state index contributed by atoms with van der Waals surface area (Å²) >= 11 is 0. The van der Waals surface area contributed by atoms with E-state index in [1.807, 2.05) is 12.1 Å². The van der Waals surface area contributed by atoms with Gasteiger partial charge < -0.3 is 14.8 Å². The van der Waals surface area contributed by atoms with E-state index >= 15 is 0 Å².